The lowest BCUT2D eigenvalue weighted by molar-refractivity contribution is -0.123. The Morgan fingerprint density at radius 2 is 1.76 bits per heavy atom. The van der Waals surface area contributed by atoms with E-state index >= 15 is 0 Å². The molecule has 1 aromatic heterocycles. The van der Waals surface area contributed by atoms with Gasteiger partial charge in [-0.25, -0.2) is 5.43 Å². The number of benzene rings is 2. The van der Waals surface area contributed by atoms with E-state index in [-0.39, 0.29) is 17.6 Å². The van der Waals surface area contributed by atoms with Crippen LogP contribution >= 0.6 is 11.3 Å². The summed E-state index contributed by atoms with van der Waals surface area (Å²) in [6.07, 6.45) is 1.39. The standard InChI is InChI=1S/C19H15FN2O2S/c20-18-11-10-17(25-18)12-21-22-19(23)13-24-16-8-6-15(7-9-16)14-4-2-1-3-5-14/h1-12H,13H2,(H,22,23)/b21-12-. The monoisotopic (exact) mass is 354 g/mol. The van der Waals surface area contributed by atoms with E-state index < -0.39 is 0 Å². The van der Waals surface area contributed by atoms with Gasteiger partial charge in [0.2, 0.25) is 0 Å². The second kappa shape index (κ2) is 8.21. The molecule has 1 heterocycles. The zero-order chi connectivity index (χ0) is 17.5. The van der Waals surface area contributed by atoms with E-state index in [1.54, 1.807) is 6.07 Å². The fraction of sp³-hybridized carbons (Fsp3) is 0.0526. The smallest absolute Gasteiger partial charge is 0.277 e. The van der Waals surface area contributed by atoms with Gasteiger partial charge in [-0.05, 0) is 35.4 Å². The van der Waals surface area contributed by atoms with E-state index in [9.17, 15) is 9.18 Å². The molecule has 4 nitrogen and oxygen atoms in total. The Morgan fingerprint density at radius 1 is 1.04 bits per heavy atom. The van der Waals surface area contributed by atoms with Gasteiger partial charge in [0.15, 0.2) is 11.7 Å². The number of hydrogen-bond acceptors (Lipinski definition) is 4. The zero-order valence-electron chi connectivity index (χ0n) is 13.2. The largest absolute Gasteiger partial charge is 0.484 e. The van der Waals surface area contributed by atoms with E-state index in [0.717, 1.165) is 22.5 Å². The third-order valence-electron chi connectivity index (χ3n) is 3.31. The van der Waals surface area contributed by atoms with Gasteiger partial charge in [0.05, 0.1) is 11.1 Å². The molecule has 6 heteroatoms. The summed E-state index contributed by atoms with van der Waals surface area (Å²) in [5, 5.41) is 3.46. The number of halogens is 1. The fourth-order valence-electron chi connectivity index (χ4n) is 2.12. The molecule has 3 aromatic rings. The van der Waals surface area contributed by atoms with E-state index in [0.29, 0.717) is 10.6 Å². The van der Waals surface area contributed by atoms with Crippen LogP contribution in [0.3, 0.4) is 0 Å². The van der Waals surface area contributed by atoms with Crippen molar-refractivity contribution in [2.75, 3.05) is 6.61 Å². The highest BCUT2D eigenvalue weighted by atomic mass is 32.1. The van der Waals surface area contributed by atoms with Crippen molar-refractivity contribution in [3.05, 3.63) is 76.7 Å². The molecule has 3 rings (SSSR count). The molecule has 0 radical (unpaired) electrons. The molecule has 0 saturated heterocycles. The van der Waals surface area contributed by atoms with Crippen molar-refractivity contribution >= 4 is 23.5 Å². The summed E-state index contributed by atoms with van der Waals surface area (Å²) in [5.41, 5.74) is 4.53. The van der Waals surface area contributed by atoms with Crippen molar-refractivity contribution in [2.24, 2.45) is 5.10 Å². The van der Waals surface area contributed by atoms with Gasteiger partial charge in [-0.3, -0.25) is 4.79 Å². The molecule has 0 aliphatic heterocycles. The molecule has 25 heavy (non-hydrogen) atoms. The summed E-state index contributed by atoms with van der Waals surface area (Å²) in [4.78, 5) is 12.3. The first-order valence-corrected chi connectivity index (χ1v) is 8.38. The Kier molecular flexibility index (Phi) is 5.53. The van der Waals surface area contributed by atoms with Crippen LogP contribution in [0.1, 0.15) is 4.88 Å². The number of nitrogens with zero attached hydrogens (tertiary/aromatic N) is 1. The SMILES string of the molecule is O=C(COc1ccc(-c2ccccc2)cc1)N/N=C\c1ccc(F)s1. The Hall–Kier alpha value is -2.99. The summed E-state index contributed by atoms with van der Waals surface area (Å²) in [6.45, 7) is -0.152. The normalized spacial score (nSPS) is 10.8. The predicted octanol–water partition coefficient (Wildman–Crippen LogP) is 4.08. The van der Waals surface area contributed by atoms with Crippen LogP contribution in [0.25, 0.3) is 11.1 Å². The van der Waals surface area contributed by atoms with Crippen LogP contribution < -0.4 is 10.2 Å². The number of carbonyl (C=O) groups excluding carboxylic acids is 1. The van der Waals surface area contributed by atoms with Crippen molar-refractivity contribution in [3.8, 4) is 16.9 Å². The minimum Gasteiger partial charge on any atom is -0.484 e. The number of amides is 1. The number of ether oxygens (including phenoxy) is 1. The molecule has 0 unspecified atom stereocenters. The maximum absolute atomic E-state index is 12.8. The van der Waals surface area contributed by atoms with Crippen LogP contribution in [-0.2, 0) is 4.79 Å². The number of rotatable bonds is 6. The number of carbonyl (C=O) groups is 1. The number of hydrazone groups is 1. The second-order valence-corrected chi connectivity index (χ2v) is 6.18. The Bertz CT molecular complexity index is 861. The maximum atomic E-state index is 12.8. The first-order chi connectivity index (χ1) is 12.2. The molecule has 0 spiro atoms. The maximum Gasteiger partial charge on any atom is 0.277 e. The average molecular weight is 354 g/mol. The zero-order valence-corrected chi connectivity index (χ0v) is 14.0. The van der Waals surface area contributed by atoms with Crippen LogP contribution in [0.2, 0.25) is 0 Å². The van der Waals surface area contributed by atoms with E-state index in [1.807, 2.05) is 54.6 Å². The third kappa shape index (κ3) is 4.99. The minimum atomic E-state index is -0.389. The van der Waals surface area contributed by atoms with Gasteiger partial charge in [0, 0.05) is 0 Å². The summed E-state index contributed by atoms with van der Waals surface area (Å²) >= 11 is 0.951. The molecular formula is C19H15FN2O2S. The fourth-order valence-corrected chi connectivity index (χ4v) is 2.72. The van der Waals surface area contributed by atoms with Gasteiger partial charge >= 0.3 is 0 Å². The summed E-state index contributed by atoms with van der Waals surface area (Å²) < 4.78 is 18.2. The van der Waals surface area contributed by atoms with Gasteiger partial charge in [0.25, 0.3) is 5.91 Å². The molecule has 126 valence electrons. The summed E-state index contributed by atoms with van der Waals surface area (Å²) in [6, 6.07) is 20.4. The van der Waals surface area contributed by atoms with Crippen molar-refractivity contribution in [1.82, 2.24) is 5.43 Å². The lowest BCUT2D eigenvalue weighted by atomic mass is 10.1. The number of nitrogens with one attached hydrogen (secondary N) is 1. The third-order valence-corrected chi connectivity index (χ3v) is 4.11. The van der Waals surface area contributed by atoms with Gasteiger partial charge in [-0.1, -0.05) is 42.5 Å². The van der Waals surface area contributed by atoms with E-state index in [4.69, 9.17) is 4.74 Å². The Morgan fingerprint density at radius 3 is 2.44 bits per heavy atom. The van der Waals surface area contributed by atoms with Crippen molar-refractivity contribution in [3.63, 3.8) is 0 Å². The van der Waals surface area contributed by atoms with Crippen molar-refractivity contribution in [1.29, 1.82) is 0 Å². The predicted molar refractivity (Wildman–Crippen MR) is 97.4 cm³/mol. The molecule has 0 fully saturated rings. The van der Waals surface area contributed by atoms with E-state index in [1.165, 1.54) is 12.3 Å². The first kappa shape index (κ1) is 16.9. The molecule has 2 aromatic carbocycles. The molecular weight excluding hydrogens is 339 g/mol. The van der Waals surface area contributed by atoms with Crippen LogP contribution in [-0.4, -0.2) is 18.7 Å². The van der Waals surface area contributed by atoms with E-state index in [2.05, 4.69) is 10.5 Å². The minimum absolute atomic E-state index is 0.152. The lowest BCUT2D eigenvalue weighted by Gasteiger charge is -2.06. The van der Waals surface area contributed by atoms with Crippen LogP contribution in [0.4, 0.5) is 4.39 Å². The quantitative estimate of drug-likeness (QED) is 0.536. The highest BCUT2D eigenvalue weighted by molar-refractivity contribution is 7.12. The molecule has 0 atom stereocenters. The molecule has 1 amide bonds. The lowest BCUT2D eigenvalue weighted by Crippen LogP contribution is -2.24. The van der Waals surface area contributed by atoms with Crippen LogP contribution in [0, 0.1) is 5.13 Å². The average Bonchev–Trinajstić information content (AvgIpc) is 3.06. The first-order valence-electron chi connectivity index (χ1n) is 7.56. The molecule has 0 aliphatic rings. The summed E-state index contributed by atoms with van der Waals surface area (Å²) in [5.74, 6) is 0.208. The number of hydrogen-bond donors (Lipinski definition) is 1. The Balaban J connectivity index is 1.48. The highest BCUT2D eigenvalue weighted by Gasteiger charge is 2.03. The van der Waals surface area contributed by atoms with Crippen molar-refractivity contribution in [2.45, 2.75) is 0 Å². The molecule has 0 saturated carbocycles. The van der Waals surface area contributed by atoms with Gasteiger partial charge in [-0.2, -0.15) is 9.49 Å². The second-order valence-electron chi connectivity index (χ2n) is 5.11. The van der Waals surface area contributed by atoms with Crippen LogP contribution in [0.15, 0.2) is 71.8 Å². The highest BCUT2D eigenvalue weighted by Crippen LogP contribution is 2.21. The van der Waals surface area contributed by atoms with Crippen LogP contribution in [0.5, 0.6) is 5.75 Å². The summed E-state index contributed by atoms with van der Waals surface area (Å²) in [7, 11) is 0. The molecule has 0 bridgehead atoms. The van der Waals surface area contributed by atoms with Crippen molar-refractivity contribution < 1.29 is 13.9 Å². The topological polar surface area (TPSA) is 50.7 Å². The molecule has 0 aliphatic carbocycles. The number of thiophene rings is 1. The molecule has 1 N–H and O–H groups in total. The van der Waals surface area contributed by atoms with Gasteiger partial charge in [-0.15, -0.1) is 11.3 Å². The van der Waals surface area contributed by atoms with Gasteiger partial charge in [0.1, 0.15) is 5.75 Å². The Labute approximate surface area is 148 Å². The van der Waals surface area contributed by atoms with Gasteiger partial charge < -0.3 is 4.74 Å².